The molecule has 0 radical (unpaired) electrons. The molecule has 0 fully saturated rings. The Bertz CT molecular complexity index is 1480. The van der Waals surface area contributed by atoms with Crippen LogP contribution in [0.4, 0.5) is 5.69 Å². The second kappa shape index (κ2) is 13.7. The summed E-state index contributed by atoms with van der Waals surface area (Å²) in [7, 11) is -4.19. The summed E-state index contributed by atoms with van der Waals surface area (Å²) in [5.74, 6) is -0.945. The standard InChI is InChI=1S/C29H32Cl3N3O4S/c1-5-14-33-29(37)21(4)34(17-22-9-13-25(30)27(32)15-22)28(36)18-35(23-10-8-20(3)26(31)16-23)40(38,39)24-11-6-19(2)7-12-24/h6-13,15-16,21H,5,14,17-18H2,1-4H3,(H,33,37)/t21-/m0/s1. The lowest BCUT2D eigenvalue weighted by atomic mass is 10.1. The number of hydrogen-bond donors (Lipinski definition) is 1. The number of benzene rings is 3. The third-order valence-electron chi connectivity index (χ3n) is 6.38. The average Bonchev–Trinajstić information content (AvgIpc) is 2.92. The molecule has 1 atom stereocenters. The highest BCUT2D eigenvalue weighted by Gasteiger charge is 2.32. The maximum atomic E-state index is 13.9. The van der Waals surface area contributed by atoms with Crippen LogP contribution in [0.25, 0.3) is 0 Å². The van der Waals surface area contributed by atoms with Gasteiger partial charge in [0.25, 0.3) is 10.0 Å². The van der Waals surface area contributed by atoms with Gasteiger partial charge in [0.15, 0.2) is 0 Å². The fourth-order valence-corrected chi connectivity index (χ4v) is 5.82. The van der Waals surface area contributed by atoms with E-state index < -0.39 is 28.5 Å². The lowest BCUT2D eigenvalue weighted by Gasteiger charge is -2.32. The zero-order chi connectivity index (χ0) is 29.6. The molecule has 0 aromatic heterocycles. The predicted molar refractivity (Wildman–Crippen MR) is 162 cm³/mol. The summed E-state index contributed by atoms with van der Waals surface area (Å²) >= 11 is 18.6. The average molecular weight is 625 g/mol. The largest absolute Gasteiger partial charge is 0.354 e. The van der Waals surface area contributed by atoms with E-state index in [2.05, 4.69) is 5.32 Å². The molecule has 214 valence electrons. The number of nitrogens with zero attached hydrogens (tertiary/aromatic N) is 2. The highest BCUT2D eigenvalue weighted by Crippen LogP contribution is 2.29. The van der Waals surface area contributed by atoms with E-state index in [1.54, 1.807) is 56.3 Å². The molecule has 0 spiro atoms. The van der Waals surface area contributed by atoms with Crippen molar-refractivity contribution in [3.63, 3.8) is 0 Å². The SMILES string of the molecule is CCCNC(=O)[C@H](C)N(Cc1ccc(Cl)c(Cl)c1)C(=O)CN(c1ccc(C)c(Cl)c1)S(=O)(=O)c1ccc(C)cc1. The summed E-state index contributed by atoms with van der Waals surface area (Å²) in [5.41, 5.74) is 2.50. The van der Waals surface area contributed by atoms with Gasteiger partial charge in [0.1, 0.15) is 12.6 Å². The topological polar surface area (TPSA) is 86.8 Å². The Morgan fingerprint density at radius 3 is 2.17 bits per heavy atom. The molecule has 3 aromatic rings. The van der Waals surface area contributed by atoms with Crippen LogP contribution >= 0.6 is 34.8 Å². The van der Waals surface area contributed by atoms with Crippen molar-refractivity contribution in [1.82, 2.24) is 10.2 Å². The van der Waals surface area contributed by atoms with Crippen molar-refractivity contribution in [2.75, 3.05) is 17.4 Å². The molecule has 2 amide bonds. The fraction of sp³-hybridized carbons (Fsp3) is 0.310. The van der Waals surface area contributed by atoms with Gasteiger partial charge in [-0.05, 0) is 74.7 Å². The summed E-state index contributed by atoms with van der Waals surface area (Å²) in [6.45, 7) is 7.04. The number of halogens is 3. The minimum atomic E-state index is -4.19. The van der Waals surface area contributed by atoms with Crippen LogP contribution < -0.4 is 9.62 Å². The highest BCUT2D eigenvalue weighted by molar-refractivity contribution is 7.92. The van der Waals surface area contributed by atoms with Gasteiger partial charge in [0.2, 0.25) is 11.8 Å². The summed E-state index contributed by atoms with van der Waals surface area (Å²) in [4.78, 5) is 28.2. The van der Waals surface area contributed by atoms with Crippen LogP contribution in [0.1, 0.15) is 37.0 Å². The maximum absolute atomic E-state index is 13.9. The van der Waals surface area contributed by atoms with Crippen molar-refractivity contribution in [3.8, 4) is 0 Å². The smallest absolute Gasteiger partial charge is 0.264 e. The first-order valence-corrected chi connectivity index (χ1v) is 15.3. The van der Waals surface area contributed by atoms with Crippen molar-refractivity contribution in [3.05, 3.63) is 92.4 Å². The van der Waals surface area contributed by atoms with E-state index in [4.69, 9.17) is 34.8 Å². The lowest BCUT2D eigenvalue weighted by Crippen LogP contribution is -2.51. The third kappa shape index (κ3) is 7.69. The lowest BCUT2D eigenvalue weighted by molar-refractivity contribution is -0.139. The summed E-state index contributed by atoms with van der Waals surface area (Å²) in [6, 6.07) is 15.2. The van der Waals surface area contributed by atoms with Crippen molar-refractivity contribution < 1.29 is 18.0 Å². The minimum Gasteiger partial charge on any atom is -0.354 e. The van der Waals surface area contributed by atoms with E-state index in [1.165, 1.54) is 23.1 Å². The van der Waals surface area contributed by atoms with Crippen molar-refractivity contribution in [1.29, 1.82) is 0 Å². The fourth-order valence-electron chi connectivity index (χ4n) is 3.92. The van der Waals surface area contributed by atoms with Gasteiger partial charge in [-0.15, -0.1) is 0 Å². The number of anilines is 1. The molecule has 3 rings (SSSR count). The van der Waals surface area contributed by atoms with E-state index in [1.807, 2.05) is 13.8 Å². The molecule has 3 aromatic carbocycles. The van der Waals surface area contributed by atoms with Gasteiger partial charge in [0, 0.05) is 18.1 Å². The predicted octanol–water partition coefficient (Wildman–Crippen LogP) is 6.40. The Kier molecular flexibility index (Phi) is 10.9. The zero-order valence-corrected chi connectivity index (χ0v) is 25.8. The number of carbonyl (C=O) groups is 2. The van der Waals surface area contributed by atoms with E-state index in [9.17, 15) is 18.0 Å². The van der Waals surface area contributed by atoms with Crippen molar-refractivity contribution in [2.24, 2.45) is 0 Å². The molecule has 0 aliphatic carbocycles. The van der Waals surface area contributed by atoms with Gasteiger partial charge in [-0.2, -0.15) is 0 Å². The van der Waals surface area contributed by atoms with Crippen molar-refractivity contribution in [2.45, 2.75) is 51.6 Å². The number of hydrogen-bond acceptors (Lipinski definition) is 4. The van der Waals surface area contributed by atoms with Crippen LogP contribution in [-0.2, 0) is 26.2 Å². The van der Waals surface area contributed by atoms with E-state index in [0.29, 0.717) is 27.2 Å². The molecule has 0 bridgehead atoms. The molecule has 40 heavy (non-hydrogen) atoms. The monoisotopic (exact) mass is 623 g/mol. The Hall–Kier alpha value is -2.78. The first kappa shape index (κ1) is 31.7. The molecular formula is C29H32Cl3N3O4S. The molecule has 11 heteroatoms. The first-order chi connectivity index (χ1) is 18.8. The number of aryl methyl sites for hydroxylation is 2. The molecular weight excluding hydrogens is 593 g/mol. The van der Waals surface area contributed by atoms with Gasteiger partial charge in [0.05, 0.1) is 20.6 Å². The number of rotatable bonds is 11. The van der Waals surface area contributed by atoms with Crippen LogP contribution in [0.2, 0.25) is 15.1 Å². The molecule has 1 N–H and O–H groups in total. The van der Waals surface area contributed by atoms with E-state index in [-0.39, 0.29) is 23.0 Å². The summed E-state index contributed by atoms with van der Waals surface area (Å²) in [6.07, 6.45) is 0.718. The quantitative estimate of drug-likeness (QED) is 0.267. The Labute approximate surface area is 251 Å². The maximum Gasteiger partial charge on any atom is 0.264 e. The first-order valence-electron chi connectivity index (χ1n) is 12.7. The second-order valence-corrected chi connectivity index (χ2v) is 12.6. The van der Waals surface area contributed by atoms with E-state index >= 15 is 0 Å². The second-order valence-electron chi connectivity index (χ2n) is 9.50. The molecule has 0 aliphatic heterocycles. The van der Waals surface area contributed by atoms with Crippen LogP contribution in [0.3, 0.4) is 0 Å². The Morgan fingerprint density at radius 1 is 0.900 bits per heavy atom. The van der Waals surface area contributed by atoms with Crippen molar-refractivity contribution >= 4 is 62.3 Å². The number of nitrogens with one attached hydrogen (secondary N) is 1. The Morgan fingerprint density at radius 2 is 1.57 bits per heavy atom. The van der Waals surface area contributed by atoms with Gasteiger partial charge in [-0.3, -0.25) is 13.9 Å². The third-order valence-corrected chi connectivity index (χ3v) is 9.32. The molecule has 0 heterocycles. The minimum absolute atomic E-state index is 0.00348. The molecule has 0 aliphatic rings. The molecule has 0 saturated carbocycles. The summed E-state index contributed by atoms with van der Waals surface area (Å²) < 4.78 is 28.8. The van der Waals surface area contributed by atoms with Crippen LogP contribution in [0.15, 0.2) is 65.6 Å². The van der Waals surface area contributed by atoms with Crippen LogP contribution in [0.5, 0.6) is 0 Å². The van der Waals surface area contributed by atoms with Crippen LogP contribution in [-0.4, -0.2) is 44.3 Å². The van der Waals surface area contributed by atoms with Gasteiger partial charge < -0.3 is 10.2 Å². The Balaban J connectivity index is 2.05. The number of sulfonamides is 1. The summed E-state index contributed by atoms with van der Waals surface area (Å²) in [5, 5.41) is 3.81. The zero-order valence-electron chi connectivity index (χ0n) is 22.7. The van der Waals surface area contributed by atoms with E-state index in [0.717, 1.165) is 21.9 Å². The molecule has 7 nitrogen and oxygen atoms in total. The number of amides is 2. The molecule has 0 saturated heterocycles. The molecule has 0 unspecified atom stereocenters. The van der Waals surface area contributed by atoms with Crippen LogP contribution in [0, 0.1) is 13.8 Å². The normalized spacial score (nSPS) is 12.1. The van der Waals surface area contributed by atoms with Gasteiger partial charge >= 0.3 is 0 Å². The van der Waals surface area contributed by atoms with Gasteiger partial charge in [-0.25, -0.2) is 8.42 Å². The number of carbonyl (C=O) groups excluding carboxylic acids is 2. The highest BCUT2D eigenvalue weighted by atomic mass is 35.5. The van der Waals surface area contributed by atoms with Gasteiger partial charge in [-0.1, -0.05) is 71.6 Å².